The molecule has 0 aromatic heterocycles. The lowest BCUT2D eigenvalue weighted by atomic mass is 9.94. The number of nitrogens with two attached hydrogens (primary N) is 1. The minimum absolute atomic E-state index is 0.660. The fourth-order valence-corrected chi connectivity index (χ4v) is 1.91. The third-order valence-corrected chi connectivity index (χ3v) is 2.85. The van der Waals surface area contributed by atoms with Gasteiger partial charge >= 0.3 is 0 Å². The van der Waals surface area contributed by atoms with Crippen LogP contribution in [-0.4, -0.2) is 0 Å². The zero-order chi connectivity index (χ0) is 12.4. The molecule has 0 radical (unpaired) electrons. The van der Waals surface area contributed by atoms with Crippen molar-refractivity contribution in [2.24, 2.45) is 0 Å². The van der Waals surface area contributed by atoms with Gasteiger partial charge in [0.15, 0.2) is 0 Å². The van der Waals surface area contributed by atoms with Gasteiger partial charge in [0.2, 0.25) is 0 Å². The monoisotopic (exact) mass is 222 g/mol. The van der Waals surface area contributed by atoms with Crippen LogP contribution < -0.4 is 5.73 Å². The fraction of sp³-hybridized carbons (Fsp3) is 0.133. The van der Waals surface area contributed by atoms with Crippen molar-refractivity contribution >= 4 is 5.69 Å². The molecule has 84 valence electrons. The first-order valence-corrected chi connectivity index (χ1v) is 5.49. The largest absolute Gasteiger partial charge is 0.399 e. The molecule has 0 saturated heterocycles. The highest BCUT2D eigenvalue weighted by molar-refractivity contribution is 5.76. The molecule has 0 aliphatic rings. The lowest BCUT2D eigenvalue weighted by Crippen LogP contribution is -1.92. The van der Waals surface area contributed by atoms with E-state index in [0.717, 1.165) is 16.7 Å². The second-order valence-electron chi connectivity index (χ2n) is 4.24. The predicted molar refractivity (Wildman–Crippen MR) is 70.5 cm³/mol. The summed E-state index contributed by atoms with van der Waals surface area (Å²) in [4.78, 5) is 0. The van der Waals surface area contributed by atoms with Gasteiger partial charge in [0.25, 0.3) is 0 Å². The Hall–Kier alpha value is -2.27. The predicted octanol–water partition coefficient (Wildman–Crippen LogP) is 3.42. The lowest BCUT2D eigenvalue weighted by Gasteiger charge is -2.10. The summed E-state index contributed by atoms with van der Waals surface area (Å²) < 4.78 is 0. The highest BCUT2D eigenvalue weighted by atomic mass is 14.5. The Morgan fingerprint density at radius 3 is 2.47 bits per heavy atom. The number of aryl methyl sites for hydroxylation is 2. The molecule has 0 heterocycles. The van der Waals surface area contributed by atoms with Crippen molar-refractivity contribution in [3.05, 3.63) is 53.1 Å². The van der Waals surface area contributed by atoms with Crippen molar-refractivity contribution in [2.45, 2.75) is 13.8 Å². The van der Waals surface area contributed by atoms with Gasteiger partial charge in [-0.3, -0.25) is 0 Å². The summed E-state index contributed by atoms with van der Waals surface area (Å²) in [5, 5.41) is 9.14. The lowest BCUT2D eigenvalue weighted by molar-refractivity contribution is 1.38. The van der Waals surface area contributed by atoms with Crippen LogP contribution in [0.15, 0.2) is 36.4 Å². The van der Waals surface area contributed by atoms with Crippen LogP contribution in [0.1, 0.15) is 16.7 Å². The highest BCUT2D eigenvalue weighted by Gasteiger charge is 2.08. The zero-order valence-electron chi connectivity index (χ0n) is 9.99. The fourth-order valence-electron chi connectivity index (χ4n) is 1.91. The molecule has 2 aromatic rings. The van der Waals surface area contributed by atoms with Gasteiger partial charge in [0.1, 0.15) is 0 Å². The molecule has 0 aliphatic carbocycles. The summed E-state index contributed by atoms with van der Waals surface area (Å²) in [6.45, 7) is 4.08. The van der Waals surface area contributed by atoms with Crippen molar-refractivity contribution in [1.29, 1.82) is 5.26 Å². The number of rotatable bonds is 1. The number of anilines is 1. The molecule has 2 aromatic carbocycles. The van der Waals surface area contributed by atoms with Crippen LogP contribution in [0.2, 0.25) is 0 Å². The Morgan fingerprint density at radius 1 is 1.00 bits per heavy atom. The zero-order valence-corrected chi connectivity index (χ0v) is 9.99. The molecular formula is C15H14N2. The van der Waals surface area contributed by atoms with E-state index in [1.165, 1.54) is 5.56 Å². The molecule has 0 atom stereocenters. The second kappa shape index (κ2) is 4.31. The minimum Gasteiger partial charge on any atom is -0.399 e. The molecule has 0 fully saturated rings. The Morgan fingerprint density at radius 2 is 1.76 bits per heavy atom. The number of hydrogen-bond acceptors (Lipinski definition) is 2. The summed E-state index contributed by atoms with van der Waals surface area (Å²) in [6.07, 6.45) is 0. The van der Waals surface area contributed by atoms with E-state index in [1.54, 1.807) is 12.1 Å². The van der Waals surface area contributed by atoms with Crippen LogP contribution in [0.5, 0.6) is 0 Å². The van der Waals surface area contributed by atoms with E-state index < -0.39 is 0 Å². The Labute approximate surface area is 101 Å². The van der Waals surface area contributed by atoms with Crippen molar-refractivity contribution in [3.8, 4) is 17.2 Å². The minimum atomic E-state index is 0.660. The SMILES string of the molecule is Cc1ccc(C)c(-c2cc(N)ccc2C#N)c1. The van der Waals surface area contributed by atoms with Gasteiger partial charge in [-0.05, 0) is 43.2 Å². The van der Waals surface area contributed by atoms with E-state index in [4.69, 9.17) is 11.0 Å². The molecule has 2 N–H and O–H groups in total. The maximum atomic E-state index is 9.14. The van der Waals surface area contributed by atoms with Crippen molar-refractivity contribution < 1.29 is 0 Å². The normalized spacial score (nSPS) is 9.94. The van der Waals surface area contributed by atoms with E-state index in [9.17, 15) is 0 Å². The molecule has 17 heavy (non-hydrogen) atoms. The van der Waals surface area contributed by atoms with Gasteiger partial charge < -0.3 is 5.73 Å². The molecule has 2 heteroatoms. The average Bonchev–Trinajstić information content (AvgIpc) is 2.32. The van der Waals surface area contributed by atoms with Gasteiger partial charge in [0, 0.05) is 11.3 Å². The molecule has 2 rings (SSSR count). The summed E-state index contributed by atoms with van der Waals surface area (Å²) in [6, 6.07) is 13.8. The molecule has 0 unspecified atom stereocenters. The maximum Gasteiger partial charge on any atom is 0.0998 e. The van der Waals surface area contributed by atoms with Crippen LogP contribution in [0.25, 0.3) is 11.1 Å². The van der Waals surface area contributed by atoms with Gasteiger partial charge in [-0.25, -0.2) is 0 Å². The van der Waals surface area contributed by atoms with E-state index >= 15 is 0 Å². The molecule has 0 bridgehead atoms. The standard InChI is InChI=1S/C15H14N2/c1-10-3-4-11(2)14(7-10)15-8-13(17)6-5-12(15)9-16/h3-8H,17H2,1-2H3. The van der Waals surface area contributed by atoms with Crippen LogP contribution in [0, 0.1) is 25.2 Å². The van der Waals surface area contributed by atoms with Gasteiger partial charge in [-0.2, -0.15) is 5.26 Å². The number of nitrogens with zero attached hydrogens (tertiary/aromatic N) is 1. The van der Waals surface area contributed by atoms with Crippen molar-refractivity contribution in [3.63, 3.8) is 0 Å². The summed E-state index contributed by atoms with van der Waals surface area (Å²) in [5.41, 5.74) is 11.5. The van der Waals surface area contributed by atoms with E-state index in [-0.39, 0.29) is 0 Å². The van der Waals surface area contributed by atoms with Crippen molar-refractivity contribution in [1.82, 2.24) is 0 Å². The number of nitriles is 1. The third-order valence-electron chi connectivity index (χ3n) is 2.85. The molecule has 0 amide bonds. The van der Waals surface area contributed by atoms with Crippen LogP contribution in [0.3, 0.4) is 0 Å². The first kappa shape index (κ1) is 11.2. The Kier molecular flexibility index (Phi) is 2.84. The summed E-state index contributed by atoms with van der Waals surface area (Å²) >= 11 is 0. The topological polar surface area (TPSA) is 49.8 Å². The number of benzene rings is 2. The van der Waals surface area contributed by atoms with Gasteiger partial charge in [-0.15, -0.1) is 0 Å². The maximum absolute atomic E-state index is 9.14. The van der Waals surface area contributed by atoms with E-state index in [1.807, 2.05) is 19.9 Å². The summed E-state index contributed by atoms with van der Waals surface area (Å²) in [7, 11) is 0. The second-order valence-corrected chi connectivity index (χ2v) is 4.24. The average molecular weight is 222 g/mol. The summed E-state index contributed by atoms with van der Waals surface area (Å²) in [5.74, 6) is 0. The number of hydrogen-bond donors (Lipinski definition) is 1. The molecule has 0 saturated carbocycles. The molecule has 0 aliphatic heterocycles. The molecule has 2 nitrogen and oxygen atoms in total. The molecular weight excluding hydrogens is 208 g/mol. The smallest absolute Gasteiger partial charge is 0.0998 e. The van der Waals surface area contributed by atoms with Gasteiger partial charge in [-0.1, -0.05) is 23.8 Å². The quantitative estimate of drug-likeness (QED) is 0.751. The number of nitrogen functional groups attached to an aromatic ring is 1. The van der Waals surface area contributed by atoms with E-state index in [2.05, 4.69) is 24.3 Å². The van der Waals surface area contributed by atoms with Crippen LogP contribution in [-0.2, 0) is 0 Å². The highest BCUT2D eigenvalue weighted by Crippen LogP contribution is 2.29. The van der Waals surface area contributed by atoms with E-state index in [0.29, 0.717) is 11.3 Å². The molecule has 0 spiro atoms. The first-order valence-electron chi connectivity index (χ1n) is 5.49. The van der Waals surface area contributed by atoms with Crippen LogP contribution in [0.4, 0.5) is 5.69 Å². The third kappa shape index (κ3) is 2.14. The van der Waals surface area contributed by atoms with Crippen molar-refractivity contribution in [2.75, 3.05) is 5.73 Å². The van der Waals surface area contributed by atoms with Crippen LogP contribution >= 0.6 is 0 Å². The first-order chi connectivity index (χ1) is 8.11. The Balaban J connectivity index is 2.72. The van der Waals surface area contributed by atoms with Gasteiger partial charge in [0.05, 0.1) is 11.6 Å². The Bertz CT molecular complexity index is 607.